The first-order valence-corrected chi connectivity index (χ1v) is 4.43. The van der Waals surface area contributed by atoms with Crippen molar-refractivity contribution in [2.75, 3.05) is 13.1 Å². The maximum atomic E-state index is 11.4. The molecule has 0 saturated carbocycles. The Kier molecular flexibility index (Phi) is 2.00. The SMILES string of the molecule is CC1=NN(C2=NCCCN2)C(=O)C1. The summed E-state index contributed by atoms with van der Waals surface area (Å²) in [6.07, 6.45) is 1.44. The highest BCUT2D eigenvalue weighted by Gasteiger charge is 2.26. The largest absolute Gasteiger partial charge is 0.354 e. The van der Waals surface area contributed by atoms with Crippen LogP contribution in [0.1, 0.15) is 19.8 Å². The van der Waals surface area contributed by atoms with Gasteiger partial charge in [-0.3, -0.25) is 9.79 Å². The Labute approximate surface area is 76.5 Å². The van der Waals surface area contributed by atoms with Crippen LogP contribution < -0.4 is 5.32 Å². The summed E-state index contributed by atoms with van der Waals surface area (Å²) in [6, 6.07) is 0. The first kappa shape index (κ1) is 8.22. The van der Waals surface area contributed by atoms with Gasteiger partial charge in [-0.15, -0.1) is 0 Å². The average molecular weight is 180 g/mol. The van der Waals surface area contributed by atoms with E-state index in [1.54, 1.807) is 0 Å². The van der Waals surface area contributed by atoms with E-state index in [1.807, 2.05) is 6.92 Å². The minimum absolute atomic E-state index is 0.00523. The van der Waals surface area contributed by atoms with Crippen LogP contribution in [-0.2, 0) is 4.79 Å². The van der Waals surface area contributed by atoms with Crippen LogP contribution >= 0.6 is 0 Å². The first-order chi connectivity index (χ1) is 6.27. The molecular weight excluding hydrogens is 168 g/mol. The second-order valence-electron chi connectivity index (χ2n) is 3.20. The van der Waals surface area contributed by atoms with E-state index in [0.717, 1.165) is 25.2 Å². The van der Waals surface area contributed by atoms with E-state index in [-0.39, 0.29) is 5.91 Å². The quantitative estimate of drug-likeness (QED) is 0.568. The van der Waals surface area contributed by atoms with Gasteiger partial charge in [0.15, 0.2) is 0 Å². The summed E-state index contributed by atoms with van der Waals surface area (Å²) >= 11 is 0. The number of nitrogens with one attached hydrogen (secondary N) is 1. The van der Waals surface area contributed by atoms with Gasteiger partial charge in [-0.25, -0.2) is 0 Å². The molecule has 1 N–H and O–H groups in total. The van der Waals surface area contributed by atoms with Gasteiger partial charge in [-0.1, -0.05) is 0 Å². The molecule has 0 aromatic carbocycles. The van der Waals surface area contributed by atoms with Crippen LogP contribution in [0.5, 0.6) is 0 Å². The van der Waals surface area contributed by atoms with Crippen LogP contribution in [-0.4, -0.2) is 35.7 Å². The third-order valence-electron chi connectivity index (χ3n) is 1.99. The fourth-order valence-electron chi connectivity index (χ4n) is 1.38. The second-order valence-corrected chi connectivity index (χ2v) is 3.20. The van der Waals surface area contributed by atoms with Crippen molar-refractivity contribution in [1.82, 2.24) is 10.3 Å². The Bertz CT molecular complexity index is 295. The highest BCUT2D eigenvalue weighted by atomic mass is 16.2. The number of hydrogen-bond acceptors (Lipinski definition) is 4. The Balaban J connectivity index is 2.16. The lowest BCUT2D eigenvalue weighted by molar-refractivity contribution is -0.125. The number of guanidine groups is 1. The van der Waals surface area contributed by atoms with Gasteiger partial charge < -0.3 is 5.32 Å². The minimum Gasteiger partial charge on any atom is -0.354 e. The third kappa shape index (κ3) is 1.54. The fourth-order valence-corrected chi connectivity index (χ4v) is 1.38. The van der Waals surface area contributed by atoms with Crippen molar-refractivity contribution in [3.8, 4) is 0 Å². The number of carbonyl (C=O) groups is 1. The van der Waals surface area contributed by atoms with Crippen LogP contribution in [0.4, 0.5) is 0 Å². The van der Waals surface area contributed by atoms with E-state index in [1.165, 1.54) is 5.01 Å². The molecule has 70 valence electrons. The first-order valence-electron chi connectivity index (χ1n) is 4.43. The maximum Gasteiger partial charge on any atom is 0.255 e. The van der Waals surface area contributed by atoms with Crippen molar-refractivity contribution >= 4 is 17.6 Å². The highest BCUT2D eigenvalue weighted by molar-refractivity contribution is 6.10. The normalized spacial score (nSPS) is 22.5. The summed E-state index contributed by atoms with van der Waals surface area (Å²) < 4.78 is 0. The molecular formula is C8H12N4O. The molecule has 0 aromatic rings. The molecule has 2 rings (SSSR count). The van der Waals surface area contributed by atoms with E-state index in [4.69, 9.17) is 0 Å². The molecule has 2 heterocycles. The lowest BCUT2D eigenvalue weighted by atomic mass is 10.3. The van der Waals surface area contributed by atoms with E-state index in [0.29, 0.717) is 12.4 Å². The van der Waals surface area contributed by atoms with Gasteiger partial charge in [0.2, 0.25) is 5.96 Å². The van der Waals surface area contributed by atoms with Crippen molar-refractivity contribution in [2.24, 2.45) is 10.1 Å². The lowest BCUT2D eigenvalue weighted by Crippen LogP contribution is -2.42. The van der Waals surface area contributed by atoms with Crippen LogP contribution in [0.25, 0.3) is 0 Å². The summed E-state index contributed by atoms with van der Waals surface area (Å²) in [4.78, 5) is 15.6. The van der Waals surface area contributed by atoms with Gasteiger partial charge in [0.1, 0.15) is 0 Å². The van der Waals surface area contributed by atoms with Crippen LogP contribution in [0.15, 0.2) is 10.1 Å². The van der Waals surface area contributed by atoms with E-state index in [9.17, 15) is 4.79 Å². The number of rotatable bonds is 0. The lowest BCUT2D eigenvalue weighted by Gasteiger charge is -2.19. The van der Waals surface area contributed by atoms with Crippen LogP contribution in [0, 0.1) is 0 Å². The van der Waals surface area contributed by atoms with Gasteiger partial charge >= 0.3 is 0 Å². The Hall–Kier alpha value is -1.39. The van der Waals surface area contributed by atoms with E-state index < -0.39 is 0 Å². The Morgan fingerprint density at radius 2 is 2.38 bits per heavy atom. The fraction of sp³-hybridized carbons (Fsp3) is 0.625. The number of hydrazone groups is 1. The van der Waals surface area contributed by atoms with E-state index >= 15 is 0 Å². The molecule has 0 aliphatic carbocycles. The smallest absolute Gasteiger partial charge is 0.255 e. The third-order valence-corrected chi connectivity index (χ3v) is 1.99. The monoisotopic (exact) mass is 180 g/mol. The topological polar surface area (TPSA) is 57.1 Å². The molecule has 5 heteroatoms. The number of hydrogen-bond donors (Lipinski definition) is 1. The molecule has 0 spiro atoms. The molecule has 5 nitrogen and oxygen atoms in total. The molecule has 13 heavy (non-hydrogen) atoms. The van der Waals surface area contributed by atoms with Crippen molar-refractivity contribution in [3.63, 3.8) is 0 Å². The molecule has 0 unspecified atom stereocenters. The minimum atomic E-state index is 0.00523. The summed E-state index contributed by atoms with van der Waals surface area (Å²) in [5.74, 6) is 0.610. The summed E-state index contributed by atoms with van der Waals surface area (Å²) in [5, 5.41) is 8.53. The van der Waals surface area contributed by atoms with Crippen molar-refractivity contribution < 1.29 is 4.79 Å². The maximum absolute atomic E-state index is 11.4. The zero-order valence-electron chi connectivity index (χ0n) is 7.58. The zero-order chi connectivity index (χ0) is 9.26. The number of aliphatic imine (C=N–C) groups is 1. The van der Waals surface area contributed by atoms with Crippen molar-refractivity contribution in [1.29, 1.82) is 0 Å². The molecule has 2 aliphatic rings. The highest BCUT2D eigenvalue weighted by Crippen LogP contribution is 2.09. The number of amides is 1. The predicted molar refractivity (Wildman–Crippen MR) is 49.5 cm³/mol. The molecule has 0 bridgehead atoms. The van der Waals surface area contributed by atoms with Crippen LogP contribution in [0.2, 0.25) is 0 Å². The van der Waals surface area contributed by atoms with Gasteiger partial charge in [-0.05, 0) is 13.3 Å². The Morgan fingerprint density at radius 1 is 1.54 bits per heavy atom. The molecule has 2 aliphatic heterocycles. The van der Waals surface area contributed by atoms with Gasteiger partial charge in [-0.2, -0.15) is 10.1 Å². The predicted octanol–water partition coefficient (Wildman–Crippen LogP) is -0.0561. The van der Waals surface area contributed by atoms with Crippen molar-refractivity contribution in [3.05, 3.63) is 0 Å². The van der Waals surface area contributed by atoms with Crippen LogP contribution in [0.3, 0.4) is 0 Å². The molecule has 0 fully saturated rings. The Morgan fingerprint density at radius 3 is 2.92 bits per heavy atom. The van der Waals surface area contributed by atoms with Gasteiger partial charge in [0.05, 0.1) is 6.42 Å². The van der Waals surface area contributed by atoms with Crippen molar-refractivity contribution in [2.45, 2.75) is 19.8 Å². The average Bonchev–Trinajstić information content (AvgIpc) is 2.47. The molecule has 0 saturated heterocycles. The molecule has 0 radical (unpaired) electrons. The summed E-state index contributed by atoms with van der Waals surface area (Å²) in [7, 11) is 0. The summed E-state index contributed by atoms with van der Waals surface area (Å²) in [6.45, 7) is 3.50. The zero-order valence-corrected chi connectivity index (χ0v) is 7.58. The molecule has 1 amide bonds. The summed E-state index contributed by atoms with van der Waals surface area (Å²) in [5.41, 5.74) is 0.847. The standard InChI is InChI=1S/C8H12N4O/c1-6-5-7(13)12(11-6)8-9-3-2-4-10-8/h2-5H2,1H3,(H,9,10). The molecule has 0 atom stereocenters. The molecule has 0 aromatic heterocycles. The van der Waals surface area contributed by atoms with E-state index in [2.05, 4.69) is 15.4 Å². The number of carbonyl (C=O) groups excluding carboxylic acids is 1. The second kappa shape index (κ2) is 3.16. The van der Waals surface area contributed by atoms with Gasteiger partial charge in [0.25, 0.3) is 5.91 Å². The van der Waals surface area contributed by atoms with Gasteiger partial charge in [0, 0.05) is 18.8 Å². The number of nitrogens with zero attached hydrogens (tertiary/aromatic N) is 3.